The first-order valence-corrected chi connectivity index (χ1v) is 19.4. The van der Waals surface area contributed by atoms with E-state index in [0.29, 0.717) is 35.5 Å². The summed E-state index contributed by atoms with van der Waals surface area (Å²) in [5.41, 5.74) is 1.80. The molecule has 5 fully saturated rings. The maximum atomic E-state index is 17.5. The van der Waals surface area contributed by atoms with Gasteiger partial charge in [-0.15, -0.1) is 6.42 Å². The van der Waals surface area contributed by atoms with E-state index in [1.54, 1.807) is 0 Å². The third kappa shape index (κ3) is 5.24. The van der Waals surface area contributed by atoms with Crippen molar-refractivity contribution in [2.24, 2.45) is 5.92 Å². The third-order valence-electron chi connectivity index (χ3n) is 12.5. The number of carbonyl (C=O) groups is 1. The van der Waals surface area contributed by atoms with Gasteiger partial charge in [0.2, 0.25) is 5.88 Å². The molecule has 4 saturated heterocycles. The van der Waals surface area contributed by atoms with E-state index in [-0.39, 0.29) is 64.9 Å². The zero-order chi connectivity index (χ0) is 37.1. The predicted molar refractivity (Wildman–Crippen MR) is 204 cm³/mol. The summed E-state index contributed by atoms with van der Waals surface area (Å²) in [4.78, 5) is 35.5. The van der Waals surface area contributed by atoms with Gasteiger partial charge < -0.3 is 19.1 Å². The summed E-state index contributed by atoms with van der Waals surface area (Å²) in [6.07, 6.45) is 11.9. The third-order valence-corrected chi connectivity index (χ3v) is 12.5. The molecule has 54 heavy (non-hydrogen) atoms. The van der Waals surface area contributed by atoms with Crippen LogP contribution in [0.25, 0.3) is 32.9 Å². The number of terminal acetylenes is 1. The zero-order valence-electron chi connectivity index (χ0n) is 31.1. The van der Waals surface area contributed by atoms with E-state index in [2.05, 4.69) is 22.3 Å². The molecule has 5 atom stereocenters. The molecule has 278 valence electrons. The number of carbonyl (C=O) groups excluding carboxylic acids is 1. The molecule has 0 N–H and O–H groups in total. The van der Waals surface area contributed by atoms with E-state index in [1.807, 2.05) is 62.1 Å². The normalized spacial score (nSPS) is 27.4. The van der Waals surface area contributed by atoms with Crippen LogP contribution in [-0.2, 0) is 4.74 Å². The minimum Gasteiger partial charge on any atom is -0.471 e. The van der Waals surface area contributed by atoms with E-state index >= 15 is 4.39 Å². The molecule has 1 amide bonds. The number of amides is 1. The number of hydrogen-bond acceptors (Lipinski definition) is 9. The van der Waals surface area contributed by atoms with E-state index in [1.165, 1.54) is 5.57 Å². The Bertz CT molecular complexity index is 2290. The molecule has 10 nitrogen and oxygen atoms in total. The van der Waals surface area contributed by atoms with Crippen LogP contribution in [0.4, 0.5) is 15.0 Å². The summed E-state index contributed by atoms with van der Waals surface area (Å²) in [7, 11) is 0. The number of aromatic nitrogens is 3. The smallest absolute Gasteiger partial charge is 0.410 e. The molecule has 6 aliphatic rings. The largest absolute Gasteiger partial charge is 0.471 e. The molecule has 4 aromatic rings. The highest BCUT2D eigenvalue weighted by atomic mass is 19.1. The summed E-state index contributed by atoms with van der Waals surface area (Å²) in [5, 5.41) is 2.05. The average Bonchev–Trinajstić information content (AvgIpc) is 3.77. The number of benzene rings is 2. The molecule has 7 heterocycles. The Morgan fingerprint density at radius 3 is 2.70 bits per heavy atom. The molecule has 2 aromatic carbocycles. The van der Waals surface area contributed by atoms with Crippen LogP contribution in [-0.4, -0.2) is 92.5 Å². The molecule has 2 aromatic heterocycles. The first-order chi connectivity index (χ1) is 26.0. The summed E-state index contributed by atoms with van der Waals surface area (Å²) in [6, 6.07) is 11.0. The van der Waals surface area contributed by atoms with Gasteiger partial charge in [0.05, 0.1) is 23.7 Å². The predicted octanol–water partition coefficient (Wildman–Crippen LogP) is 7.27. The lowest BCUT2D eigenvalue weighted by Gasteiger charge is -2.48. The molecule has 0 radical (unpaired) electrons. The standard InChI is InChI=1S/C43H45FN6O4/c1-6-25-10-7-11-26-12-8-13-29(31(25)26)34-33(44)35-32-38(47-40(46-35)52-23-43-18-9-19-48(43)21-24(2)20-43)49-22-28-16-17-30(50(28)41(51)54-42(3,4)5)36(49)37(27-14-15-27)53-39(32)45-34/h1,7-8,10-13,27-28,30,36-37H,2,9,14-23H2,3-5H3/t28-,30+,36+,37?,43-/m1/s1. The fourth-order valence-electron chi connectivity index (χ4n) is 10.1. The molecular formula is C43H45FN6O4. The number of hydrogen-bond donors (Lipinski definition) is 0. The Morgan fingerprint density at radius 2 is 1.93 bits per heavy atom. The van der Waals surface area contributed by atoms with Crippen molar-refractivity contribution in [3.63, 3.8) is 0 Å². The summed E-state index contributed by atoms with van der Waals surface area (Å²) in [6.45, 7) is 12.7. The first kappa shape index (κ1) is 33.6. The minimum atomic E-state index is -0.635. The fraction of sp³-hybridized carbons (Fsp3) is 0.488. The molecule has 0 spiro atoms. The monoisotopic (exact) mass is 728 g/mol. The number of anilines is 1. The van der Waals surface area contributed by atoms with Gasteiger partial charge in [-0.3, -0.25) is 9.80 Å². The maximum Gasteiger partial charge on any atom is 0.410 e. The van der Waals surface area contributed by atoms with Crippen LogP contribution >= 0.6 is 0 Å². The molecule has 5 aliphatic heterocycles. The fourth-order valence-corrected chi connectivity index (χ4v) is 10.1. The highest BCUT2D eigenvalue weighted by Crippen LogP contribution is 2.51. The van der Waals surface area contributed by atoms with Crippen LogP contribution in [0, 0.1) is 24.1 Å². The second-order valence-electron chi connectivity index (χ2n) is 17.2. The van der Waals surface area contributed by atoms with Gasteiger partial charge in [0, 0.05) is 29.6 Å². The topological polar surface area (TPSA) is 93.2 Å². The van der Waals surface area contributed by atoms with Crippen LogP contribution < -0.4 is 14.4 Å². The van der Waals surface area contributed by atoms with E-state index in [9.17, 15) is 4.79 Å². The number of rotatable bonds is 5. The summed E-state index contributed by atoms with van der Waals surface area (Å²) in [5.74, 6) is 3.27. The van der Waals surface area contributed by atoms with Gasteiger partial charge in [-0.05, 0) is 89.6 Å². The summed E-state index contributed by atoms with van der Waals surface area (Å²) >= 11 is 0. The first-order valence-electron chi connectivity index (χ1n) is 19.4. The molecule has 2 bridgehead atoms. The van der Waals surface area contributed by atoms with Crippen molar-refractivity contribution in [1.82, 2.24) is 24.8 Å². The van der Waals surface area contributed by atoms with E-state index < -0.39 is 11.4 Å². The van der Waals surface area contributed by atoms with Crippen molar-refractivity contribution in [2.75, 3.05) is 31.1 Å². The van der Waals surface area contributed by atoms with Gasteiger partial charge in [-0.2, -0.15) is 9.97 Å². The lowest BCUT2D eigenvalue weighted by molar-refractivity contribution is -0.00211. The van der Waals surface area contributed by atoms with Crippen molar-refractivity contribution >= 4 is 33.6 Å². The SMILES string of the molecule is C#Cc1cccc2cccc(-c3nc4c5c(nc(OC[C@]67CCCN6CC(=C)C7)nc5c3F)N3C[C@H]5CC[C@@H]([C@H]3C(C3CC3)O4)N5C(=O)OC(C)(C)C)c12. The van der Waals surface area contributed by atoms with E-state index in [0.717, 1.165) is 68.8 Å². The summed E-state index contributed by atoms with van der Waals surface area (Å²) < 4.78 is 37.1. The van der Waals surface area contributed by atoms with Crippen LogP contribution in [0.3, 0.4) is 0 Å². The lowest BCUT2D eigenvalue weighted by Crippen LogP contribution is -2.66. The number of ether oxygens (including phenoxy) is 3. The molecule has 1 aliphatic carbocycles. The minimum absolute atomic E-state index is 0.0962. The second-order valence-corrected chi connectivity index (χ2v) is 17.2. The Balaban J connectivity index is 1.16. The second kappa shape index (κ2) is 12.0. The molecular weight excluding hydrogens is 684 g/mol. The van der Waals surface area contributed by atoms with E-state index in [4.69, 9.17) is 35.6 Å². The number of fused-ring (bicyclic) bond motifs is 7. The number of nitrogens with zero attached hydrogens (tertiary/aromatic N) is 6. The Morgan fingerprint density at radius 1 is 1.11 bits per heavy atom. The van der Waals surface area contributed by atoms with Gasteiger partial charge in [-0.1, -0.05) is 48.4 Å². The molecule has 1 unspecified atom stereocenters. The van der Waals surface area contributed by atoms with Gasteiger partial charge in [0.15, 0.2) is 5.82 Å². The quantitative estimate of drug-likeness (QED) is 0.156. The van der Waals surface area contributed by atoms with Gasteiger partial charge in [0.1, 0.15) is 40.7 Å². The zero-order valence-corrected chi connectivity index (χ0v) is 31.1. The van der Waals surface area contributed by atoms with Crippen molar-refractivity contribution in [3.8, 4) is 35.5 Å². The highest BCUT2D eigenvalue weighted by molar-refractivity contribution is 6.03. The Labute approximate surface area is 314 Å². The molecule has 10 rings (SSSR count). The Kier molecular flexibility index (Phi) is 7.48. The van der Waals surface area contributed by atoms with Gasteiger partial charge in [0.25, 0.3) is 0 Å². The highest BCUT2D eigenvalue weighted by Gasteiger charge is 2.57. The van der Waals surface area contributed by atoms with Crippen molar-refractivity contribution in [1.29, 1.82) is 0 Å². The van der Waals surface area contributed by atoms with Gasteiger partial charge >= 0.3 is 12.1 Å². The van der Waals surface area contributed by atoms with Crippen LogP contribution in [0.5, 0.6) is 11.9 Å². The molecule has 11 heteroatoms. The Hall–Kier alpha value is -4.95. The van der Waals surface area contributed by atoms with Crippen molar-refractivity contribution in [2.45, 2.75) is 101 Å². The number of pyridine rings is 1. The lowest BCUT2D eigenvalue weighted by atomic mass is 9.94. The van der Waals surface area contributed by atoms with Crippen molar-refractivity contribution in [3.05, 3.63) is 59.9 Å². The van der Waals surface area contributed by atoms with Crippen molar-refractivity contribution < 1.29 is 23.4 Å². The van der Waals surface area contributed by atoms with Crippen LogP contribution in [0.1, 0.15) is 71.3 Å². The van der Waals surface area contributed by atoms with Crippen LogP contribution in [0.15, 0.2) is 48.6 Å². The van der Waals surface area contributed by atoms with Gasteiger partial charge in [-0.25, -0.2) is 14.2 Å². The number of piperazine rings is 1. The maximum absolute atomic E-state index is 17.5. The average molecular weight is 729 g/mol. The molecule has 1 saturated carbocycles. The number of halogens is 1. The van der Waals surface area contributed by atoms with Crippen LogP contribution in [0.2, 0.25) is 0 Å².